The van der Waals surface area contributed by atoms with E-state index in [2.05, 4.69) is 25.5 Å². The lowest BCUT2D eigenvalue weighted by Crippen LogP contribution is -2.15. The Balaban J connectivity index is 1.60. The van der Waals surface area contributed by atoms with E-state index in [9.17, 15) is 13.6 Å². The van der Waals surface area contributed by atoms with Crippen molar-refractivity contribution >= 4 is 39.9 Å². The summed E-state index contributed by atoms with van der Waals surface area (Å²) in [6, 6.07) is 0. The molecule has 3 heterocycles. The topological polar surface area (TPSA) is 88.0 Å². The molecule has 1 aliphatic carbocycles. The molecule has 1 aliphatic rings. The van der Waals surface area contributed by atoms with Crippen LogP contribution >= 0.6 is 11.6 Å². The molecule has 2 N–H and O–H groups in total. The Morgan fingerprint density at radius 1 is 1.35 bits per heavy atom. The Labute approximate surface area is 178 Å². The van der Waals surface area contributed by atoms with Crippen molar-refractivity contribution in [1.82, 2.24) is 24.6 Å². The first-order chi connectivity index (χ1) is 14.6. The highest BCUT2D eigenvalue weighted by molar-refractivity contribution is 6.35. The molecule has 3 aromatic heterocycles. The minimum Gasteiger partial charge on any atom is -0.309 e. The van der Waals surface area contributed by atoms with Gasteiger partial charge < -0.3 is 9.72 Å². The van der Waals surface area contributed by atoms with E-state index < -0.39 is 29.5 Å². The first kappa shape index (κ1) is 19.8. The number of aromatic amines is 1. The number of hydrogen-bond donors (Lipinski definition) is 2. The molecule has 2 atom stereocenters. The van der Waals surface area contributed by atoms with Crippen molar-refractivity contribution in [3.63, 3.8) is 0 Å². The number of rotatable bonds is 4. The van der Waals surface area contributed by atoms with Crippen LogP contribution in [0.25, 0.3) is 27.8 Å². The van der Waals surface area contributed by atoms with Crippen LogP contribution in [-0.2, 0) is 10.5 Å². The molecule has 0 aliphatic heterocycles. The molecule has 11 heteroatoms. The average Bonchev–Trinajstić information content (AvgIpc) is 3.07. The van der Waals surface area contributed by atoms with E-state index >= 15 is 4.39 Å². The van der Waals surface area contributed by atoms with Crippen LogP contribution in [0, 0.1) is 11.7 Å². The Kier molecular flexibility index (Phi) is 4.27. The molecule has 4 aromatic rings. The number of anilines is 1. The number of hydrogen-bond acceptors (Lipinski definition) is 4. The number of fused-ring (bicyclic) bond motifs is 2. The molecule has 0 saturated heterocycles. The van der Waals surface area contributed by atoms with Gasteiger partial charge in [0.1, 0.15) is 11.8 Å². The SMILES string of the molecule is CC(C)(F)c1c(F)c(Cl)c(-c2cn3cc(NC(=O)[C@@H]4C[C@@H]4F)nc3cn2)c2cn[nH]c12. The summed E-state index contributed by atoms with van der Waals surface area (Å²) in [5, 5.41) is 9.28. The first-order valence-electron chi connectivity index (χ1n) is 9.48. The number of carbonyl (C=O) groups is 1. The van der Waals surface area contributed by atoms with Crippen LogP contribution in [0.2, 0.25) is 5.02 Å². The first-order valence-corrected chi connectivity index (χ1v) is 9.86. The summed E-state index contributed by atoms with van der Waals surface area (Å²) < 4.78 is 44.4. The number of H-pyrrole nitrogens is 1. The maximum absolute atomic E-state index is 15.1. The van der Waals surface area contributed by atoms with Gasteiger partial charge in [0.25, 0.3) is 0 Å². The molecule has 1 aromatic carbocycles. The zero-order chi connectivity index (χ0) is 22.1. The molecule has 0 radical (unpaired) electrons. The molecule has 5 rings (SSSR count). The number of amides is 1. The van der Waals surface area contributed by atoms with Gasteiger partial charge in [-0.15, -0.1) is 0 Å². The van der Waals surface area contributed by atoms with E-state index in [0.717, 1.165) is 0 Å². The van der Waals surface area contributed by atoms with Gasteiger partial charge in [-0.25, -0.2) is 18.2 Å². The molecule has 0 spiro atoms. The lowest BCUT2D eigenvalue weighted by molar-refractivity contribution is -0.117. The quantitative estimate of drug-likeness (QED) is 0.479. The van der Waals surface area contributed by atoms with E-state index in [1.54, 1.807) is 10.6 Å². The van der Waals surface area contributed by atoms with Crippen LogP contribution in [0.3, 0.4) is 0 Å². The highest BCUT2D eigenvalue weighted by Gasteiger charge is 2.43. The fraction of sp³-hybridized carbons (Fsp3) is 0.300. The van der Waals surface area contributed by atoms with Crippen LogP contribution < -0.4 is 5.32 Å². The van der Waals surface area contributed by atoms with Crippen LogP contribution in [0.1, 0.15) is 25.8 Å². The summed E-state index contributed by atoms with van der Waals surface area (Å²) >= 11 is 6.31. The standard InChI is InChI=1S/C20H16ClF3N6O/c1-20(2,24)15-17(23)16(21)14(9-4-26-29-18(9)15)11-6-30-7-12(27-13(30)5-25-11)28-19(31)8-3-10(8)22/h4-8,10H,3H2,1-2H3,(H,26,29)(H,28,31)/t8-,10+/m1/s1. The van der Waals surface area contributed by atoms with Crippen molar-refractivity contribution in [3.05, 3.63) is 41.2 Å². The zero-order valence-electron chi connectivity index (χ0n) is 16.4. The second-order valence-corrected chi connectivity index (χ2v) is 8.40. The summed E-state index contributed by atoms with van der Waals surface area (Å²) in [4.78, 5) is 20.5. The third-order valence-electron chi connectivity index (χ3n) is 5.28. The van der Waals surface area contributed by atoms with Crippen molar-refractivity contribution < 1.29 is 18.0 Å². The number of nitrogens with one attached hydrogen (secondary N) is 2. The number of halogens is 4. The fourth-order valence-corrected chi connectivity index (χ4v) is 3.96. The largest absolute Gasteiger partial charge is 0.309 e. The van der Waals surface area contributed by atoms with Crippen molar-refractivity contribution in [2.75, 3.05) is 5.32 Å². The van der Waals surface area contributed by atoms with Crippen LogP contribution in [0.5, 0.6) is 0 Å². The number of aromatic nitrogens is 5. The summed E-state index contributed by atoms with van der Waals surface area (Å²) in [6.45, 7) is 2.47. The lowest BCUT2D eigenvalue weighted by Gasteiger charge is -2.19. The van der Waals surface area contributed by atoms with Gasteiger partial charge in [-0.05, 0) is 20.3 Å². The molecular weight excluding hydrogens is 433 g/mol. The van der Waals surface area contributed by atoms with Crippen LogP contribution in [0.4, 0.5) is 19.0 Å². The average molecular weight is 449 g/mol. The van der Waals surface area contributed by atoms with Gasteiger partial charge in [0.05, 0.1) is 46.3 Å². The highest BCUT2D eigenvalue weighted by atomic mass is 35.5. The molecule has 1 amide bonds. The maximum Gasteiger partial charge on any atom is 0.231 e. The Bertz CT molecular complexity index is 1360. The van der Waals surface area contributed by atoms with E-state index in [0.29, 0.717) is 16.7 Å². The lowest BCUT2D eigenvalue weighted by atomic mass is 9.94. The number of nitrogens with zero attached hydrogens (tertiary/aromatic N) is 4. The van der Waals surface area contributed by atoms with Crippen molar-refractivity contribution in [2.24, 2.45) is 5.92 Å². The van der Waals surface area contributed by atoms with Gasteiger partial charge >= 0.3 is 0 Å². The predicted octanol–water partition coefficient (Wildman–Crippen LogP) is 4.57. The van der Waals surface area contributed by atoms with E-state index in [4.69, 9.17) is 11.6 Å². The van der Waals surface area contributed by atoms with Gasteiger partial charge in [0.15, 0.2) is 17.3 Å². The third kappa shape index (κ3) is 3.21. The van der Waals surface area contributed by atoms with Gasteiger partial charge in [-0.1, -0.05) is 11.6 Å². The molecular formula is C20H16ClF3N6O. The molecule has 1 fully saturated rings. The molecule has 31 heavy (non-hydrogen) atoms. The molecule has 0 unspecified atom stereocenters. The summed E-state index contributed by atoms with van der Waals surface area (Å²) in [7, 11) is 0. The number of carbonyl (C=O) groups excluding carboxylic acids is 1. The van der Waals surface area contributed by atoms with Crippen molar-refractivity contribution in [3.8, 4) is 11.3 Å². The molecule has 160 valence electrons. The monoisotopic (exact) mass is 448 g/mol. The minimum absolute atomic E-state index is 0.190. The minimum atomic E-state index is -1.99. The number of imidazole rings is 1. The fourth-order valence-electron chi connectivity index (χ4n) is 3.67. The third-order valence-corrected chi connectivity index (χ3v) is 5.64. The Hall–Kier alpha value is -3.14. The normalized spacial score (nSPS) is 18.6. The zero-order valence-corrected chi connectivity index (χ0v) is 17.1. The van der Waals surface area contributed by atoms with E-state index in [-0.39, 0.29) is 33.9 Å². The highest BCUT2D eigenvalue weighted by Crippen LogP contribution is 2.42. The summed E-state index contributed by atoms with van der Waals surface area (Å²) in [6.07, 6.45) is 5.04. The van der Waals surface area contributed by atoms with Gasteiger partial charge in [0.2, 0.25) is 5.91 Å². The smallest absolute Gasteiger partial charge is 0.231 e. The van der Waals surface area contributed by atoms with Gasteiger partial charge in [-0.3, -0.25) is 14.9 Å². The number of benzene rings is 1. The van der Waals surface area contributed by atoms with Crippen molar-refractivity contribution in [2.45, 2.75) is 32.1 Å². The molecule has 7 nitrogen and oxygen atoms in total. The maximum atomic E-state index is 15.1. The predicted molar refractivity (Wildman–Crippen MR) is 109 cm³/mol. The second-order valence-electron chi connectivity index (χ2n) is 8.02. The Morgan fingerprint density at radius 3 is 2.77 bits per heavy atom. The van der Waals surface area contributed by atoms with Crippen LogP contribution in [0.15, 0.2) is 24.8 Å². The van der Waals surface area contributed by atoms with Crippen molar-refractivity contribution in [1.29, 1.82) is 0 Å². The molecule has 1 saturated carbocycles. The van der Waals surface area contributed by atoms with E-state index in [1.807, 2.05) is 0 Å². The van der Waals surface area contributed by atoms with Gasteiger partial charge in [0, 0.05) is 17.1 Å². The van der Waals surface area contributed by atoms with E-state index in [1.165, 1.54) is 32.4 Å². The summed E-state index contributed by atoms with van der Waals surface area (Å²) in [5.74, 6) is -1.73. The summed E-state index contributed by atoms with van der Waals surface area (Å²) in [5.41, 5.74) is -1.06. The molecule has 0 bridgehead atoms. The van der Waals surface area contributed by atoms with Crippen LogP contribution in [-0.4, -0.2) is 36.6 Å². The van der Waals surface area contributed by atoms with Gasteiger partial charge in [-0.2, -0.15) is 5.10 Å². The second kappa shape index (κ2) is 6.68. The Morgan fingerprint density at radius 2 is 2.10 bits per heavy atom. The number of alkyl halides is 2.